The van der Waals surface area contributed by atoms with Crippen molar-refractivity contribution in [3.8, 4) is 0 Å². The van der Waals surface area contributed by atoms with Crippen molar-refractivity contribution in [1.82, 2.24) is 5.43 Å². The van der Waals surface area contributed by atoms with Gasteiger partial charge in [-0.2, -0.15) is 5.10 Å². The van der Waals surface area contributed by atoms with Gasteiger partial charge < -0.3 is 0 Å². The Morgan fingerprint density at radius 2 is 1.83 bits per heavy atom. The normalized spacial score (nSPS) is 19.8. The molecule has 0 radical (unpaired) electrons. The standard InChI is InChI=1S/C21H24N2O/c1-3-7-16-10-12-17(13-11-16)15(2)22-23-21(24)20-14-19(20)18-8-5-4-6-9-18/h4-6,8-13,19-20H,3,7,14H2,1-2H3,(H,23,24)/b22-15-/t19-,20-/m0/s1. The van der Waals surface area contributed by atoms with E-state index >= 15 is 0 Å². The summed E-state index contributed by atoms with van der Waals surface area (Å²) in [6, 6.07) is 18.6. The molecule has 0 heterocycles. The number of carbonyl (C=O) groups is 1. The molecule has 0 bridgehead atoms. The maximum Gasteiger partial charge on any atom is 0.243 e. The average Bonchev–Trinajstić information content (AvgIpc) is 3.42. The molecule has 1 N–H and O–H groups in total. The van der Waals surface area contributed by atoms with Gasteiger partial charge in [0, 0.05) is 5.92 Å². The van der Waals surface area contributed by atoms with Crippen LogP contribution in [0, 0.1) is 5.92 Å². The zero-order valence-electron chi connectivity index (χ0n) is 14.3. The third-order valence-electron chi connectivity index (χ3n) is 4.60. The van der Waals surface area contributed by atoms with Crippen molar-refractivity contribution in [3.63, 3.8) is 0 Å². The number of nitrogens with one attached hydrogen (secondary N) is 1. The molecule has 2 aromatic carbocycles. The van der Waals surface area contributed by atoms with Gasteiger partial charge in [0.15, 0.2) is 0 Å². The van der Waals surface area contributed by atoms with Crippen LogP contribution in [0.4, 0.5) is 0 Å². The number of hydrogen-bond acceptors (Lipinski definition) is 2. The highest BCUT2D eigenvalue weighted by Crippen LogP contribution is 2.47. The van der Waals surface area contributed by atoms with Gasteiger partial charge in [0.05, 0.1) is 5.71 Å². The van der Waals surface area contributed by atoms with Crippen molar-refractivity contribution in [2.24, 2.45) is 11.0 Å². The number of hydrogen-bond donors (Lipinski definition) is 1. The van der Waals surface area contributed by atoms with Crippen LogP contribution in [0.5, 0.6) is 0 Å². The van der Waals surface area contributed by atoms with Gasteiger partial charge in [-0.1, -0.05) is 67.9 Å². The van der Waals surface area contributed by atoms with Crippen molar-refractivity contribution < 1.29 is 4.79 Å². The molecule has 24 heavy (non-hydrogen) atoms. The topological polar surface area (TPSA) is 41.5 Å². The number of amides is 1. The quantitative estimate of drug-likeness (QED) is 0.626. The molecule has 0 aliphatic heterocycles. The number of aryl methyl sites for hydroxylation is 1. The average molecular weight is 320 g/mol. The minimum atomic E-state index is 0.0193. The van der Waals surface area contributed by atoms with Crippen LogP contribution in [0.1, 0.15) is 49.3 Å². The molecule has 3 rings (SSSR count). The minimum absolute atomic E-state index is 0.0193. The van der Waals surface area contributed by atoms with Crippen molar-refractivity contribution in [2.45, 2.75) is 39.0 Å². The van der Waals surface area contributed by atoms with E-state index < -0.39 is 0 Å². The molecule has 0 unspecified atom stereocenters. The van der Waals surface area contributed by atoms with Crippen LogP contribution in [0.2, 0.25) is 0 Å². The van der Waals surface area contributed by atoms with Crippen LogP contribution in [0.25, 0.3) is 0 Å². The van der Waals surface area contributed by atoms with Crippen LogP contribution in [0.3, 0.4) is 0 Å². The summed E-state index contributed by atoms with van der Waals surface area (Å²) in [5.74, 6) is 0.414. The molecule has 1 aliphatic rings. The maximum atomic E-state index is 12.2. The van der Waals surface area contributed by atoms with E-state index in [1.807, 2.05) is 25.1 Å². The summed E-state index contributed by atoms with van der Waals surface area (Å²) in [6.45, 7) is 4.10. The van der Waals surface area contributed by atoms with Crippen LogP contribution in [0.15, 0.2) is 59.7 Å². The van der Waals surface area contributed by atoms with E-state index in [9.17, 15) is 4.79 Å². The predicted octanol–water partition coefficient (Wildman–Crippen LogP) is 4.28. The number of rotatable bonds is 6. The second-order valence-corrected chi connectivity index (χ2v) is 6.48. The molecule has 2 atom stereocenters. The summed E-state index contributed by atoms with van der Waals surface area (Å²) in [5.41, 5.74) is 7.19. The van der Waals surface area contributed by atoms with Crippen molar-refractivity contribution in [2.75, 3.05) is 0 Å². The predicted molar refractivity (Wildman–Crippen MR) is 98.1 cm³/mol. The SMILES string of the molecule is CCCc1ccc(/C(C)=N\NC(=O)[C@H]2C[C@H]2c2ccccc2)cc1. The number of benzene rings is 2. The lowest BCUT2D eigenvalue weighted by Gasteiger charge is -2.05. The van der Waals surface area contributed by atoms with Gasteiger partial charge in [-0.25, -0.2) is 5.43 Å². The summed E-state index contributed by atoms with van der Waals surface area (Å²) in [7, 11) is 0. The van der Waals surface area contributed by atoms with E-state index in [1.54, 1.807) is 0 Å². The molecule has 124 valence electrons. The van der Waals surface area contributed by atoms with E-state index in [2.05, 4.69) is 53.8 Å². The monoisotopic (exact) mass is 320 g/mol. The highest BCUT2D eigenvalue weighted by Gasteiger charge is 2.43. The Morgan fingerprint density at radius 1 is 1.12 bits per heavy atom. The zero-order valence-corrected chi connectivity index (χ0v) is 14.3. The molecule has 3 heteroatoms. The molecule has 1 fully saturated rings. The van der Waals surface area contributed by atoms with E-state index in [-0.39, 0.29) is 11.8 Å². The Labute approximate surface area is 143 Å². The van der Waals surface area contributed by atoms with Crippen molar-refractivity contribution >= 4 is 11.6 Å². The molecule has 0 saturated heterocycles. The molecule has 0 spiro atoms. The Balaban J connectivity index is 1.56. The highest BCUT2D eigenvalue weighted by molar-refractivity contribution is 5.99. The first kappa shape index (κ1) is 16.4. The van der Waals surface area contributed by atoms with Gasteiger partial charge >= 0.3 is 0 Å². The number of carbonyl (C=O) groups excluding carboxylic acids is 1. The fourth-order valence-corrected chi connectivity index (χ4v) is 3.04. The first-order valence-electron chi connectivity index (χ1n) is 8.67. The first-order chi connectivity index (χ1) is 11.7. The molecule has 1 aliphatic carbocycles. The second kappa shape index (κ2) is 7.43. The lowest BCUT2D eigenvalue weighted by Crippen LogP contribution is -2.21. The van der Waals surface area contributed by atoms with Crippen LogP contribution < -0.4 is 5.43 Å². The van der Waals surface area contributed by atoms with Crippen LogP contribution in [-0.2, 0) is 11.2 Å². The molecule has 0 aromatic heterocycles. The van der Waals surface area contributed by atoms with Gasteiger partial charge in [-0.15, -0.1) is 0 Å². The fraction of sp³-hybridized carbons (Fsp3) is 0.333. The van der Waals surface area contributed by atoms with Gasteiger partial charge in [0.1, 0.15) is 0 Å². The van der Waals surface area contributed by atoms with Gasteiger partial charge in [-0.05, 0) is 42.4 Å². The van der Waals surface area contributed by atoms with E-state index in [1.165, 1.54) is 11.1 Å². The van der Waals surface area contributed by atoms with Gasteiger partial charge in [-0.3, -0.25) is 4.79 Å². The van der Waals surface area contributed by atoms with E-state index in [4.69, 9.17) is 0 Å². The molecule has 1 saturated carbocycles. The fourth-order valence-electron chi connectivity index (χ4n) is 3.04. The molecule has 2 aromatic rings. The maximum absolute atomic E-state index is 12.2. The second-order valence-electron chi connectivity index (χ2n) is 6.48. The summed E-state index contributed by atoms with van der Waals surface area (Å²) >= 11 is 0. The van der Waals surface area contributed by atoms with E-state index in [0.29, 0.717) is 5.92 Å². The highest BCUT2D eigenvalue weighted by atomic mass is 16.2. The lowest BCUT2D eigenvalue weighted by molar-refractivity contribution is -0.122. The van der Waals surface area contributed by atoms with Gasteiger partial charge in [0.25, 0.3) is 0 Å². The molecular formula is C21H24N2O. The van der Waals surface area contributed by atoms with E-state index in [0.717, 1.165) is 30.5 Å². The largest absolute Gasteiger partial charge is 0.273 e. The molecule has 1 amide bonds. The molecule has 3 nitrogen and oxygen atoms in total. The number of hydrazone groups is 1. The minimum Gasteiger partial charge on any atom is -0.273 e. The summed E-state index contributed by atoms with van der Waals surface area (Å²) in [6.07, 6.45) is 3.15. The number of nitrogens with zero attached hydrogens (tertiary/aromatic N) is 1. The Hall–Kier alpha value is -2.42. The summed E-state index contributed by atoms with van der Waals surface area (Å²) in [5, 5.41) is 4.28. The van der Waals surface area contributed by atoms with Gasteiger partial charge in [0.2, 0.25) is 5.91 Å². The summed E-state index contributed by atoms with van der Waals surface area (Å²) in [4.78, 5) is 12.2. The third-order valence-corrected chi connectivity index (χ3v) is 4.60. The Kier molecular flexibility index (Phi) is 5.09. The Morgan fingerprint density at radius 3 is 2.50 bits per heavy atom. The van der Waals surface area contributed by atoms with Crippen molar-refractivity contribution in [1.29, 1.82) is 0 Å². The van der Waals surface area contributed by atoms with Crippen LogP contribution in [-0.4, -0.2) is 11.6 Å². The third kappa shape index (κ3) is 3.91. The van der Waals surface area contributed by atoms with Crippen molar-refractivity contribution in [3.05, 3.63) is 71.3 Å². The van der Waals surface area contributed by atoms with Crippen LogP contribution >= 0.6 is 0 Å². The summed E-state index contributed by atoms with van der Waals surface area (Å²) < 4.78 is 0. The zero-order chi connectivity index (χ0) is 16.9. The lowest BCUT2D eigenvalue weighted by atomic mass is 10.1. The Bertz CT molecular complexity index is 719. The molecular weight excluding hydrogens is 296 g/mol. The smallest absolute Gasteiger partial charge is 0.243 e. The first-order valence-corrected chi connectivity index (χ1v) is 8.67.